The average molecular weight is 634 g/mol. The summed E-state index contributed by atoms with van der Waals surface area (Å²) < 4.78 is 0. The number of benzene rings is 3. The van der Waals surface area contributed by atoms with E-state index < -0.39 is 5.97 Å². The van der Waals surface area contributed by atoms with E-state index in [1.807, 2.05) is 6.07 Å². The third kappa shape index (κ3) is 3.43. The summed E-state index contributed by atoms with van der Waals surface area (Å²) >= 11 is 0. The Morgan fingerprint density at radius 1 is 0.886 bits per heavy atom. The quantitative estimate of drug-likeness (QED) is 0.203. The van der Waals surface area contributed by atoms with Crippen LogP contribution in [0.1, 0.15) is 35.5 Å². The summed E-state index contributed by atoms with van der Waals surface area (Å²) in [6.45, 7) is 4.64. The Kier molecular flexibility index (Phi) is 5.63. The van der Waals surface area contributed by atoms with Crippen LogP contribution >= 0.6 is 0 Å². The number of aromatic nitrogens is 2. The molecule has 1 N–H and O–H groups in total. The summed E-state index contributed by atoms with van der Waals surface area (Å²) in [5.41, 5.74) is 11.4. The molecule has 0 saturated heterocycles. The monoisotopic (exact) mass is 634 g/mol. The summed E-state index contributed by atoms with van der Waals surface area (Å²) in [6, 6.07) is 29.8. The number of carboxylic acid groups (broad SMARTS) is 1. The van der Waals surface area contributed by atoms with E-state index in [4.69, 9.17) is 10.1 Å². The fraction of sp³-hybridized carbons (Fsp3) is 0.100. The van der Waals surface area contributed by atoms with Crippen LogP contribution in [-0.4, -0.2) is 21.0 Å². The summed E-state index contributed by atoms with van der Waals surface area (Å²) in [5, 5.41) is 9.63. The molecule has 35 heavy (non-hydrogen) atoms. The van der Waals surface area contributed by atoms with E-state index in [0.717, 1.165) is 16.8 Å². The molecule has 7 rings (SSSR count). The third-order valence-corrected chi connectivity index (χ3v) is 6.77. The van der Waals surface area contributed by atoms with Gasteiger partial charge < -0.3 is 5.11 Å². The molecule has 3 aromatic carbocycles. The fourth-order valence-corrected chi connectivity index (χ4v) is 5.31. The van der Waals surface area contributed by atoms with Gasteiger partial charge in [-0.1, -0.05) is 61.9 Å². The smallest absolute Gasteiger partial charge is 0.354 e. The van der Waals surface area contributed by atoms with E-state index in [9.17, 15) is 4.79 Å². The Morgan fingerprint density at radius 3 is 2.34 bits per heavy atom. The zero-order valence-electron chi connectivity index (χ0n) is 19.2. The molecule has 2 aliphatic carbocycles. The number of hydrogen-bond donors (Lipinski definition) is 1. The Labute approximate surface area is 217 Å². The van der Waals surface area contributed by atoms with E-state index >= 15 is 0 Å². The van der Waals surface area contributed by atoms with Gasteiger partial charge in [-0.3, -0.25) is 4.98 Å². The standard InChI is InChI=1S/C24H16N.C6H5NO2.Ir/c1-24(2)18-12-6-5-10-17(18)23-22(24)21-16-9-4-3-8-14(16)15-11-7-13-19(25-23)20(15)21;8-6(9)5-3-1-2-4-7-5;/h3-9,11-13H,1-2H3;1-4H,(H,8,9);/q-1;;. The zero-order valence-corrected chi connectivity index (χ0v) is 21.6. The number of nitrogens with zero attached hydrogens (tertiary/aromatic N) is 2. The summed E-state index contributed by atoms with van der Waals surface area (Å²) in [5.74, 6) is -0.990. The minimum Gasteiger partial charge on any atom is -0.477 e. The van der Waals surface area contributed by atoms with Crippen LogP contribution in [0.2, 0.25) is 0 Å². The first kappa shape index (κ1) is 23.1. The van der Waals surface area contributed by atoms with Gasteiger partial charge >= 0.3 is 5.97 Å². The van der Waals surface area contributed by atoms with Crippen molar-refractivity contribution in [3.8, 4) is 33.5 Å². The topological polar surface area (TPSA) is 63.1 Å². The van der Waals surface area contributed by atoms with Gasteiger partial charge in [0.1, 0.15) is 5.69 Å². The molecule has 0 atom stereocenters. The first-order chi connectivity index (χ1) is 16.5. The third-order valence-electron chi connectivity index (χ3n) is 6.77. The average Bonchev–Trinajstić information content (AvgIpc) is 3.31. The molecule has 5 aromatic rings. The number of aromatic carboxylic acids is 1. The van der Waals surface area contributed by atoms with Gasteiger partial charge in [-0.05, 0) is 51.6 Å². The molecule has 0 fully saturated rings. The van der Waals surface area contributed by atoms with Gasteiger partial charge in [0.15, 0.2) is 0 Å². The Bertz CT molecular complexity index is 1610. The molecule has 4 nitrogen and oxygen atoms in total. The van der Waals surface area contributed by atoms with Gasteiger partial charge in [-0.15, -0.1) is 35.4 Å². The van der Waals surface area contributed by atoms with Crippen molar-refractivity contribution in [2.24, 2.45) is 0 Å². The van der Waals surface area contributed by atoms with Crippen molar-refractivity contribution >= 4 is 16.9 Å². The molecular weight excluding hydrogens is 613 g/mol. The maximum atomic E-state index is 10.1. The number of carbonyl (C=O) groups is 1. The van der Waals surface area contributed by atoms with Crippen LogP contribution in [0, 0.1) is 6.07 Å². The normalized spacial score (nSPS) is 13.1. The van der Waals surface area contributed by atoms with Crippen LogP contribution in [0.15, 0.2) is 85.1 Å². The predicted octanol–water partition coefficient (Wildman–Crippen LogP) is 6.77. The molecule has 2 aliphatic rings. The maximum absolute atomic E-state index is 10.1. The van der Waals surface area contributed by atoms with Crippen LogP contribution in [0.5, 0.6) is 0 Å². The van der Waals surface area contributed by atoms with Crippen LogP contribution in [-0.2, 0) is 25.5 Å². The minimum atomic E-state index is -0.990. The number of rotatable bonds is 1. The van der Waals surface area contributed by atoms with E-state index in [1.54, 1.807) is 12.1 Å². The molecule has 5 heteroatoms. The second-order valence-corrected chi connectivity index (χ2v) is 9.06. The Hall–Kier alpha value is -3.66. The summed E-state index contributed by atoms with van der Waals surface area (Å²) in [7, 11) is 0. The second-order valence-electron chi connectivity index (χ2n) is 9.06. The molecule has 0 bridgehead atoms. The van der Waals surface area contributed by atoms with E-state index in [-0.39, 0.29) is 31.2 Å². The number of carboxylic acids is 1. The van der Waals surface area contributed by atoms with Crippen molar-refractivity contribution in [3.63, 3.8) is 0 Å². The van der Waals surface area contributed by atoms with Gasteiger partial charge in [0, 0.05) is 31.7 Å². The molecule has 0 aliphatic heterocycles. The maximum Gasteiger partial charge on any atom is 0.354 e. The van der Waals surface area contributed by atoms with Crippen molar-refractivity contribution in [1.29, 1.82) is 0 Å². The molecular formula is C30H21IrN2O2-. The van der Waals surface area contributed by atoms with Gasteiger partial charge in [0.2, 0.25) is 0 Å². The fourth-order valence-electron chi connectivity index (χ4n) is 5.31. The van der Waals surface area contributed by atoms with Crippen LogP contribution < -0.4 is 0 Å². The first-order valence-corrected chi connectivity index (χ1v) is 11.2. The predicted molar refractivity (Wildman–Crippen MR) is 134 cm³/mol. The van der Waals surface area contributed by atoms with Crippen molar-refractivity contribution in [3.05, 3.63) is 108 Å². The Balaban J connectivity index is 0.000000217. The molecule has 0 unspecified atom stereocenters. The molecule has 2 aromatic heterocycles. The van der Waals surface area contributed by atoms with Crippen LogP contribution in [0.25, 0.3) is 44.4 Å². The van der Waals surface area contributed by atoms with Crippen molar-refractivity contribution < 1.29 is 30.0 Å². The second kappa shape index (κ2) is 8.53. The van der Waals surface area contributed by atoms with Gasteiger partial charge in [0.25, 0.3) is 0 Å². The molecule has 1 radical (unpaired) electrons. The van der Waals surface area contributed by atoms with Crippen molar-refractivity contribution in [2.75, 3.05) is 0 Å². The Morgan fingerprint density at radius 2 is 1.63 bits per heavy atom. The first-order valence-electron chi connectivity index (χ1n) is 11.2. The summed E-state index contributed by atoms with van der Waals surface area (Å²) in [6.07, 6.45) is 1.45. The minimum absolute atomic E-state index is 0. The van der Waals surface area contributed by atoms with Gasteiger partial charge in [0.05, 0.1) is 5.52 Å². The van der Waals surface area contributed by atoms with Crippen LogP contribution in [0.4, 0.5) is 0 Å². The van der Waals surface area contributed by atoms with Crippen LogP contribution in [0.3, 0.4) is 0 Å². The van der Waals surface area contributed by atoms with Gasteiger partial charge in [-0.25, -0.2) is 9.78 Å². The van der Waals surface area contributed by atoms with E-state index in [2.05, 4.69) is 79.5 Å². The van der Waals surface area contributed by atoms with Crippen molar-refractivity contribution in [2.45, 2.75) is 19.3 Å². The molecule has 0 spiro atoms. The number of fused-ring (bicyclic) bond motifs is 7. The van der Waals surface area contributed by atoms with Crippen molar-refractivity contribution in [1.82, 2.24) is 9.97 Å². The molecule has 0 amide bonds. The largest absolute Gasteiger partial charge is 0.477 e. The molecule has 173 valence electrons. The molecule has 2 heterocycles. The van der Waals surface area contributed by atoms with Gasteiger partial charge in [-0.2, -0.15) is 0 Å². The summed E-state index contributed by atoms with van der Waals surface area (Å²) in [4.78, 5) is 18.8. The number of pyridine rings is 2. The SMILES string of the molecule is CC1(C)c2ccc[c-]c2-c2nc3cccc4c3c(c21)-c1ccccc1-4.O=C(O)c1ccccn1.[Ir]. The number of hydrogen-bond acceptors (Lipinski definition) is 3. The molecule has 0 saturated carbocycles. The van der Waals surface area contributed by atoms with E-state index in [1.165, 1.54) is 51.0 Å². The zero-order chi connectivity index (χ0) is 23.4. The van der Waals surface area contributed by atoms with E-state index in [0.29, 0.717) is 0 Å².